The number of carbonyl (C=O) groups is 1. The summed E-state index contributed by atoms with van der Waals surface area (Å²) in [5, 5.41) is 0. The maximum atomic E-state index is 12.3. The molecule has 5 heteroatoms. The number of hydrogen-bond donors (Lipinski definition) is 1. The highest BCUT2D eigenvalue weighted by atomic mass is 16.5. The van der Waals surface area contributed by atoms with Crippen molar-refractivity contribution in [2.75, 3.05) is 14.1 Å². The van der Waals surface area contributed by atoms with Crippen LogP contribution in [0.4, 0.5) is 0 Å². The first-order valence-corrected chi connectivity index (χ1v) is 6.92. The Hall–Kier alpha value is -1.62. The average molecular weight is 278 g/mol. The Morgan fingerprint density at radius 2 is 2.05 bits per heavy atom. The van der Waals surface area contributed by atoms with E-state index in [0.29, 0.717) is 11.6 Å². The minimum Gasteiger partial charge on any atom is -0.369 e. The van der Waals surface area contributed by atoms with Gasteiger partial charge in [0.05, 0.1) is 17.9 Å². The summed E-state index contributed by atoms with van der Waals surface area (Å²) in [5.41, 5.74) is 1.32. The molecule has 1 aliphatic rings. The van der Waals surface area contributed by atoms with E-state index in [0.717, 1.165) is 12.1 Å². The van der Waals surface area contributed by atoms with Gasteiger partial charge in [-0.05, 0) is 26.2 Å². The number of nitrogens with one attached hydrogen (secondary N) is 1. The van der Waals surface area contributed by atoms with Crippen LogP contribution in [0.5, 0.6) is 0 Å². The summed E-state index contributed by atoms with van der Waals surface area (Å²) in [6.45, 7) is 5.95. The number of amides is 1. The van der Waals surface area contributed by atoms with Crippen molar-refractivity contribution in [3.8, 4) is 0 Å². The van der Waals surface area contributed by atoms with Gasteiger partial charge in [-0.25, -0.2) is 0 Å². The van der Waals surface area contributed by atoms with Crippen LogP contribution in [0, 0.1) is 12.8 Å². The van der Waals surface area contributed by atoms with Crippen molar-refractivity contribution >= 4 is 5.91 Å². The Morgan fingerprint density at radius 3 is 2.55 bits per heavy atom. The fraction of sp³-hybridized carbons (Fsp3) is 0.600. The van der Waals surface area contributed by atoms with Gasteiger partial charge >= 0.3 is 0 Å². The lowest BCUT2D eigenvalue weighted by atomic mass is 9.98. The third-order valence-corrected chi connectivity index (χ3v) is 3.90. The second-order valence-electron chi connectivity index (χ2n) is 5.85. The zero-order valence-corrected chi connectivity index (χ0v) is 12.7. The Morgan fingerprint density at radius 1 is 1.40 bits per heavy atom. The van der Waals surface area contributed by atoms with Crippen LogP contribution in [-0.2, 0) is 4.74 Å². The summed E-state index contributed by atoms with van der Waals surface area (Å²) < 4.78 is 5.90. The molecule has 2 unspecified atom stereocenters. The van der Waals surface area contributed by atoms with Crippen molar-refractivity contribution in [1.29, 1.82) is 0 Å². The topological polar surface area (TPSA) is 62.4 Å². The van der Waals surface area contributed by atoms with Crippen LogP contribution < -0.4 is 5.43 Å². The molecule has 0 saturated carbocycles. The zero-order valence-electron chi connectivity index (χ0n) is 12.7. The maximum absolute atomic E-state index is 12.3. The largest absolute Gasteiger partial charge is 0.369 e. The lowest BCUT2D eigenvalue weighted by Crippen LogP contribution is -2.30. The highest BCUT2D eigenvalue weighted by Gasteiger charge is 2.34. The van der Waals surface area contributed by atoms with Crippen molar-refractivity contribution in [3.05, 3.63) is 33.2 Å². The summed E-state index contributed by atoms with van der Waals surface area (Å²) in [4.78, 5) is 29.1. The second-order valence-corrected chi connectivity index (χ2v) is 5.85. The van der Waals surface area contributed by atoms with Crippen LogP contribution in [0.25, 0.3) is 0 Å². The van der Waals surface area contributed by atoms with E-state index in [4.69, 9.17) is 4.74 Å². The van der Waals surface area contributed by atoms with Gasteiger partial charge in [0.15, 0.2) is 5.43 Å². The fourth-order valence-electron chi connectivity index (χ4n) is 2.56. The van der Waals surface area contributed by atoms with E-state index in [2.05, 4.69) is 11.9 Å². The Labute approximate surface area is 118 Å². The molecular formula is C15H22N2O3. The molecule has 5 nitrogen and oxygen atoms in total. The van der Waals surface area contributed by atoms with Crippen molar-refractivity contribution in [2.24, 2.45) is 5.92 Å². The van der Waals surface area contributed by atoms with E-state index in [1.54, 1.807) is 14.1 Å². The second kappa shape index (κ2) is 5.40. The molecule has 1 fully saturated rings. The molecule has 1 aliphatic heterocycles. The number of H-pyrrole nitrogens is 1. The minimum atomic E-state index is -0.281. The first-order chi connectivity index (χ1) is 9.31. The minimum absolute atomic E-state index is 0.131. The molecule has 3 atom stereocenters. The lowest BCUT2D eigenvalue weighted by molar-refractivity contribution is 0.0436. The summed E-state index contributed by atoms with van der Waals surface area (Å²) >= 11 is 0. The van der Waals surface area contributed by atoms with Gasteiger partial charge in [0.25, 0.3) is 5.91 Å². The van der Waals surface area contributed by atoms with E-state index in [1.807, 2.05) is 13.8 Å². The number of aromatic amines is 1. The number of carbonyl (C=O) groups excluding carboxylic acids is 1. The quantitative estimate of drug-likeness (QED) is 0.898. The lowest BCUT2D eigenvalue weighted by Gasteiger charge is -2.18. The normalized spacial score (nSPS) is 25.8. The number of aryl methyl sites for hydroxylation is 1. The molecule has 110 valence electrons. The predicted octanol–water partition coefficient (Wildman–Crippen LogP) is 1.87. The van der Waals surface area contributed by atoms with Gasteiger partial charge in [-0.15, -0.1) is 0 Å². The van der Waals surface area contributed by atoms with E-state index < -0.39 is 0 Å². The number of hydrogen-bond acceptors (Lipinski definition) is 3. The molecule has 1 aromatic rings. The number of pyridine rings is 1. The first-order valence-electron chi connectivity index (χ1n) is 6.92. The molecule has 2 rings (SSSR count). The van der Waals surface area contributed by atoms with Crippen molar-refractivity contribution in [2.45, 2.75) is 39.4 Å². The molecule has 1 amide bonds. The molecule has 0 aliphatic carbocycles. The summed E-state index contributed by atoms with van der Waals surface area (Å²) in [6.07, 6.45) is 0.728. The van der Waals surface area contributed by atoms with Gasteiger partial charge in [0.1, 0.15) is 5.56 Å². The SMILES string of the molecule is Cc1cc(=O)c(C(=O)N(C)C)c(C2C[C@H](C)C(C)O2)[nH]1. The van der Waals surface area contributed by atoms with Gasteiger partial charge in [-0.2, -0.15) is 0 Å². The highest BCUT2D eigenvalue weighted by Crippen LogP contribution is 2.36. The van der Waals surface area contributed by atoms with Crippen LogP contribution in [0.15, 0.2) is 10.9 Å². The molecular weight excluding hydrogens is 256 g/mol. The monoisotopic (exact) mass is 278 g/mol. The number of nitrogens with zero attached hydrogens (tertiary/aromatic N) is 1. The smallest absolute Gasteiger partial charge is 0.259 e. The van der Waals surface area contributed by atoms with Crippen LogP contribution in [0.2, 0.25) is 0 Å². The van der Waals surface area contributed by atoms with Gasteiger partial charge in [0, 0.05) is 25.9 Å². The van der Waals surface area contributed by atoms with Crippen molar-refractivity contribution in [3.63, 3.8) is 0 Å². The molecule has 0 spiro atoms. The summed E-state index contributed by atoms with van der Waals surface area (Å²) in [7, 11) is 3.29. The Balaban J connectivity index is 2.52. The van der Waals surface area contributed by atoms with Crippen molar-refractivity contribution < 1.29 is 9.53 Å². The van der Waals surface area contributed by atoms with Gasteiger partial charge in [-0.3, -0.25) is 9.59 Å². The molecule has 1 N–H and O–H groups in total. The first kappa shape index (κ1) is 14.8. The predicted molar refractivity (Wildman–Crippen MR) is 76.9 cm³/mol. The molecule has 0 aromatic carbocycles. The highest BCUT2D eigenvalue weighted by molar-refractivity contribution is 5.95. The van der Waals surface area contributed by atoms with Crippen LogP contribution in [-0.4, -0.2) is 36.0 Å². The van der Waals surface area contributed by atoms with Gasteiger partial charge in [-0.1, -0.05) is 6.92 Å². The molecule has 0 bridgehead atoms. The maximum Gasteiger partial charge on any atom is 0.259 e. The van der Waals surface area contributed by atoms with E-state index in [1.165, 1.54) is 11.0 Å². The van der Waals surface area contributed by atoms with Gasteiger partial charge in [0.2, 0.25) is 0 Å². The Bertz CT molecular complexity index is 567. The molecule has 1 aromatic heterocycles. The molecule has 20 heavy (non-hydrogen) atoms. The van der Waals surface area contributed by atoms with Crippen LogP contribution in [0.1, 0.15) is 48.1 Å². The number of ether oxygens (including phenoxy) is 1. The summed E-state index contributed by atoms with van der Waals surface area (Å²) in [6, 6.07) is 1.46. The van der Waals surface area contributed by atoms with Crippen molar-refractivity contribution in [1.82, 2.24) is 9.88 Å². The van der Waals surface area contributed by atoms with Crippen LogP contribution in [0.3, 0.4) is 0 Å². The summed E-state index contributed by atoms with van der Waals surface area (Å²) in [5.74, 6) is 0.128. The number of rotatable bonds is 2. The molecule has 2 heterocycles. The molecule has 1 saturated heterocycles. The van der Waals surface area contributed by atoms with Gasteiger partial charge < -0.3 is 14.6 Å². The number of aromatic nitrogens is 1. The Kier molecular flexibility index (Phi) is 3.99. The van der Waals surface area contributed by atoms with E-state index in [9.17, 15) is 9.59 Å². The third-order valence-electron chi connectivity index (χ3n) is 3.90. The van der Waals surface area contributed by atoms with E-state index >= 15 is 0 Å². The van der Waals surface area contributed by atoms with E-state index in [-0.39, 0.29) is 29.1 Å². The van der Waals surface area contributed by atoms with Crippen LogP contribution >= 0.6 is 0 Å². The molecule has 0 radical (unpaired) electrons. The average Bonchev–Trinajstić information content (AvgIpc) is 2.67. The zero-order chi connectivity index (χ0) is 15.0. The fourth-order valence-corrected chi connectivity index (χ4v) is 2.56. The third kappa shape index (κ3) is 2.63. The standard InChI is InChI=1S/C15H22N2O3/c1-8-6-12(20-10(8)3)14-13(15(19)17(4)5)11(18)7-9(2)16-14/h7-8,10,12H,6H2,1-5H3,(H,16,18)/t8-,10?,12?/m0/s1.